The summed E-state index contributed by atoms with van der Waals surface area (Å²) in [4.78, 5) is 11.6. The lowest BCUT2D eigenvalue weighted by molar-refractivity contribution is 0.00316. The molecule has 1 atom stereocenters. The molecule has 1 aromatic rings. The van der Waals surface area contributed by atoms with Crippen molar-refractivity contribution in [1.82, 2.24) is 5.32 Å². The molecule has 0 heterocycles. The van der Waals surface area contributed by atoms with E-state index >= 15 is 0 Å². The van der Waals surface area contributed by atoms with Crippen LogP contribution in [0.5, 0.6) is 0 Å². The number of halogens is 2. The molecule has 17 heavy (non-hydrogen) atoms. The highest BCUT2D eigenvalue weighted by Gasteiger charge is 2.21. The van der Waals surface area contributed by atoms with Crippen LogP contribution in [0.1, 0.15) is 17.3 Å². The van der Waals surface area contributed by atoms with E-state index in [1.165, 1.54) is 25.1 Å². The van der Waals surface area contributed by atoms with Crippen LogP contribution in [0.15, 0.2) is 22.7 Å². The molecule has 1 unspecified atom stereocenters. The number of benzene rings is 1. The van der Waals surface area contributed by atoms with Gasteiger partial charge in [-0.2, -0.15) is 0 Å². The summed E-state index contributed by atoms with van der Waals surface area (Å²) in [5.41, 5.74) is -1.54. The molecule has 0 aliphatic carbocycles. The molecule has 94 valence electrons. The lowest BCUT2D eigenvalue weighted by Crippen LogP contribution is -2.43. The molecule has 0 saturated carbocycles. The van der Waals surface area contributed by atoms with E-state index in [-0.39, 0.29) is 16.6 Å². The topological polar surface area (TPSA) is 69.6 Å². The fourth-order valence-electron chi connectivity index (χ4n) is 1.10. The minimum absolute atomic E-state index is 0.117. The van der Waals surface area contributed by atoms with E-state index in [9.17, 15) is 14.3 Å². The molecule has 1 aromatic carbocycles. The number of hydrogen-bond acceptors (Lipinski definition) is 3. The zero-order valence-electron chi connectivity index (χ0n) is 9.20. The zero-order chi connectivity index (χ0) is 13.1. The molecule has 0 spiro atoms. The second kappa shape index (κ2) is 5.57. The SMILES string of the molecule is CC(O)(CO)CNC(=O)c1cccc(Br)c1F. The molecule has 0 radical (unpaired) electrons. The molecule has 0 aliphatic rings. The van der Waals surface area contributed by atoms with Crippen molar-refractivity contribution < 1.29 is 19.4 Å². The smallest absolute Gasteiger partial charge is 0.254 e. The van der Waals surface area contributed by atoms with Crippen molar-refractivity contribution >= 4 is 21.8 Å². The average molecular weight is 306 g/mol. The highest BCUT2D eigenvalue weighted by atomic mass is 79.9. The molecule has 0 aromatic heterocycles. The minimum atomic E-state index is -1.42. The lowest BCUT2D eigenvalue weighted by Gasteiger charge is -2.20. The average Bonchev–Trinajstić information content (AvgIpc) is 2.30. The molecule has 0 saturated heterocycles. The molecule has 3 N–H and O–H groups in total. The van der Waals surface area contributed by atoms with Crippen LogP contribution in [0.4, 0.5) is 4.39 Å². The van der Waals surface area contributed by atoms with Crippen LogP contribution >= 0.6 is 15.9 Å². The Balaban J connectivity index is 2.74. The van der Waals surface area contributed by atoms with Crippen LogP contribution in [0.2, 0.25) is 0 Å². The number of nitrogens with one attached hydrogen (secondary N) is 1. The molecular formula is C11H13BrFNO3. The summed E-state index contributed by atoms with van der Waals surface area (Å²) < 4.78 is 13.7. The van der Waals surface area contributed by atoms with Crippen molar-refractivity contribution in [1.29, 1.82) is 0 Å². The summed E-state index contributed by atoms with van der Waals surface area (Å²) in [6.07, 6.45) is 0. The Morgan fingerprint density at radius 3 is 2.82 bits per heavy atom. The first-order chi connectivity index (χ1) is 7.87. The van der Waals surface area contributed by atoms with E-state index < -0.39 is 23.9 Å². The van der Waals surface area contributed by atoms with E-state index in [2.05, 4.69) is 21.2 Å². The number of hydrogen-bond donors (Lipinski definition) is 3. The second-order valence-corrected chi connectivity index (χ2v) is 4.79. The summed E-state index contributed by atoms with van der Waals surface area (Å²) in [5, 5.41) is 20.6. The second-order valence-electron chi connectivity index (χ2n) is 3.94. The van der Waals surface area contributed by atoms with E-state index in [0.29, 0.717) is 0 Å². The Kier molecular flexibility index (Phi) is 4.62. The van der Waals surface area contributed by atoms with Gasteiger partial charge in [-0.15, -0.1) is 0 Å². The summed E-state index contributed by atoms with van der Waals surface area (Å²) in [5.74, 6) is -1.30. The third-order valence-corrected chi connectivity index (χ3v) is 2.78. The molecule has 6 heteroatoms. The quantitative estimate of drug-likeness (QED) is 0.779. The maximum atomic E-state index is 13.5. The predicted octanol–water partition coefficient (Wildman–Crippen LogP) is 1.06. The number of amides is 1. The van der Waals surface area contributed by atoms with Crippen LogP contribution in [0.3, 0.4) is 0 Å². The maximum Gasteiger partial charge on any atom is 0.254 e. The fourth-order valence-corrected chi connectivity index (χ4v) is 1.47. The summed E-state index contributed by atoms with van der Waals surface area (Å²) >= 11 is 2.97. The minimum Gasteiger partial charge on any atom is -0.393 e. The first-order valence-electron chi connectivity index (χ1n) is 4.93. The summed E-state index contributed by atoms with van der Waals surface area (Å²) in [6.45, 7) is 0.715. The van der Waals surface area contributed by atoms with Gasteiger partial charge in [0.25, 0.3) is 5.91 Å². The van der Waals surface area contributed by atoms with Crippen LogP contribution in [0.25, 0.3) is 0 Å². The largest absolute Gasteiger partial charge is 0.393 e. The van der Waals surface area contributed by atoms with Crippen molar-refractivity contribution in [3.8, 4) is 0 Å². The van der Waals surface area contributed by atoms with Gasteiger partial charge in [0.05, 0.1) is 16.6 Å². The number of aliphatic hydroxyl groups excluding tert-OH is 1. The lowest BCUT2D eigenvalue weighted by atomic mass is 10.1. The van der Waals surface area contributed by atoms with Gasteiger partial charge in [-0.25, -0.2) is 4.39 Å². The fraction of sp³-hybridized carbons (Fsp3) is 0.364. The predicted molar refractivity (Wildman–Crippen MR) is 64.1 cm³/mol. The Morgan fingerprint density at radius 1 is 1.59 bits per heavy atom. The third-order valence-electron chi connectivity index (χ3n) is 2.17. The van der Waals surface area contributed by atoms with Crippen LogP contribution in [-0.4, -0.2) is 34.9 Å². The monoisotopic (exact) mass is 305 g/mol. The van der Waals surface area contributed by atoms with Crippen molar-refractivity contribution in [2.45, 2.75) is 12.5 Å². The van der Waals surface area contributed by atoms with E-state index in [1.807, 2.05) is 0 Å². The third kappa shape index (κ3) is 3.76. The number of aliphatic hydroxyl groups is 2. The first-order valence-corrected chi connectivity index (χ1v) is 5.72. The molecule has 1 rings (SSSR count). The molecule has 0 bridgehead atoms. The van der Waals surface area contributed by atoms with Crippen molar-refractivity contribution in [3.63, 3.8) is 0 Å². The van der Waals surface area contributed by atoms with Crippen LogP contribution in [-0.2, 0) is 0 Å². The first kappa shape index (κ1) is 14.1. The normalized spacial score (nSPS) is 14.2. The van der Waals surface area contributed by atoms with Crippen molar-refractivity contribution in [2.24, 2.45) is 0 Å². The highest BCUT2D eigenvalue weighted by Crippen LogP contribution is 2.18. The Hall–Kier alpha value is -0.980. The Morgan fingerprint density at radius 2 is 2.24 bits per heavy atom. The number of carbonyl (C=O) groups excluding carboxylic acids is 1. The Labute approximate surface area is 107 Å². The van der Waals surface area contributed by atoms with Gasteiger partial charge >= 0.3 is 0 Å². The molecule has 0 aliphatic heterocycles. The molecule has 1 amide bonds. The van der Waals surface area contributed by atoms with E-state index in [4.69, 9.17) is 5.11 Å². The number of rotatable bonds is 4. The highest BCUT2D eigenvalue weighted by molar-refractivity contribution is 9.10. The van der Waals surface area contributed by atoms with Gasteiger partial charge < -0.3 is 15.5 Å². The van der Waals surface area contributed by atoms with Crippen LogP contribution < -0.4 is 5.32 Å². The van der Waals surface area contributed by atoms with Crippen molar-refractivity contribution in [2.75, 3.05) is 13.2 Å². The van der Waals surface area contributed by atoms with Gasteiger partial charge in [0.15, 0.2) is 0 Å². The van der Waals surface area contributed by atoms with E-state index in [0.717, 1.165) is 0 Å². The summed E-state index contributed by atoms with van der Waals surface area (Å²) in [6, 6.07) is 4.35. The summed E-state index contributed by atoms with van der Waals surface area (Å²) in [7, 11) is 0. The zero-order valence-corrected chi connectivity index (χ0v) is 10.8. The van der Waals surface area contributed by atoms with Gasteiger partial charge in [-0.05, 0) is 35.0 Å². The maximum absolute atomic E-state index is 13.5. The van der Waals surface area contributed by atoms with Gasteiger partial charge in [0.1, 0.15) is 11.4 Å². The van der Waals surface area contributed by atoms with Gasteiger partial charge in [0, 0.05) is 6.54 Å². The molecule has 4 nitrogen and oxygen atoms in total. The molecular weight excluding hydrogens is 293 g/mol. The van der Waals surface area contributed by atoms with Crippen molar-refractivity contribution in [3.05, 3.63) is 34.1 Å². The van der Waals surface area contributed by atoms with Gasteiger partial charge in [0.2, 0.25) is 0 Å². The molecule has 0 fully saturated rings. The van der Waals surface area contributed by atoms with Gasteiger partial charge in [-0.1, -0.05) is 6.07 Å². The standard InChI is InChI=1S/C11H13BrFNO3/c1-11(17,6-15)5-14-10(16)7-3-2-4-8(12)9(7)13/h2-4,15,17H,5-6H2,1H3,(H,14,16). The van der Waals surface area contributed by atoms with Gasteiger partial charge in [-0.3, -0.25) is 4.79 Å². The van der Waals surface area contributed by atoms with E-state index in [1.54, 1.807) is 0 Å². The Bertz CT molecular complexity index is 423. The number of carbonyl (C=O) groups is 1. The van der Waals surface area contributed by atoms with Crippen LogP contribution in [0, 0.1) is 5.82 Å².